The van der Waals surface area contributed by atoms with Crippen molar-refractivity contribution in [2.75, 3.05) is 0 Å². The van der Waals surface area contributed by atoms with E-state index in [-0.39, 0.29) is 0 Å². The van der Waals surface area contributed by atoms with Crippen LogP contribution in [0.1, 0.15) is 15.2 Å². The molecule has 164 valence electrons. The van der Waals surface area contributed by atoms with Crippen molar-refractivity contribution < 1.29 is 13.4 Å². The van der Waals surface area contributed by atoms with Gasteiger partial charge in [0.25, 0.3) is 0 Å². The first-order valence-corrected chi connectivity index (χ1v) is 10.8. The van der Waals surface area contributed by atoms with E-state index in [4.69, 9.17) is 9.10 Å². The van der Waals surface area contributed by atoms with E-state index in [1.807, 2.05) is 86.1 Å². The number of hydrogen-bond donors (Lipinski definition) is 0. The minimum atomic E-state index is -2.23. The Morgan fingerprint density at radius 1 is 0.970 bits per heavy atom. The Labute approximate surface area is 196 Å². The van der Waals surface area contributed by atoms with Gasteiger partial charge in [0.15, 0.2) is 5.69 Å². The number of aryl methyl sites for hydroxylation is 4. The third-order valence-electron chi connectivity index (χ3n) is 6.45. The smallest absolute Gasteiger partial charge is 0.257 e. The number of imidazole rings is 3. The summed E-state index contributed by atoms with van der Waals surface area (Å²) in [6.45, 7) is -0.278. The van der Waals surface area contributed by atoms with Crippen molar-refractivity contribution >= 4 is 16.8 Å². The zero-order valence-electron chi connectivity index (χ0n) is 22.1. The standard InChI is InChI=1S/C26H27N7/c1-18-9-8-10-19(2)24(18)31-16-15-28(3)25(31)22-13-14-33(30(22)5)23-17-32-21-12-7-6-11-20(21)27-26(32)29(23)4/h6-17H,1-5H3/q+2/i1D3. The van der Waals surface area contributed by atoms with E-state index in [1.165, 1.54) is 0 Å². The molecule has 0 bridgehead atoms. The first-order chi connectivity index (χ1) is 17.2. The average molecular weight is 441 g/mol. The quantitative estimate of drug-likeness (QED) is 0.389. The van der Waals surface area contributed by atoms with Crippen LogP contribution in [0.15, 0.2) is 73.3 Å². The molecule has 0 aliphatic carbocycles. The Hall–Kier alpha value is -4.13. The maximum atomic E-state index is 8.11. The van der Waals surface area contributed by atoms with Crippen LogP contribution in [0.4, 0.5) is 0 Å². The largest absolute Gasteiger partial charge is 0.325 e. The van der Waals surface area contributed by atoms with E-state index in [0.29, 0.717) is 11.3 Å². The van der Waals surface area contributed by atoms with Crippen molar-refractivity contribution in [1.82, 2.24) is 23.2 Å². The van der Waals surface area contributed by atoms with Crippen LogP contribution in [0.5, 0.6) is 0 Å². The fourth-order valence-corrected chi connectivity index (χ4v) is 4.77. The summed E-state index contributed by atoms with van der Waals surface area (Å²) < 4.78 is 36.6. The van der Waals surface area contributed by atoms with Crippen molar-refractivity contribution in [3.8, 4) is 23.0 Å². The van der Waals surface area contributed by atoms with Gasteiger partial charge in [-0.3, -0.25) is 4.40 Å². The van der Waals surface area contributed by atoms with E-state index < -0.39 is 6.85 Å². The zero-order chi connectivity index (χ0) is 25.4. The van der Waals surface area contributed by atoms with Crippen LogP contribution >= 0.6 is 0 Å². The molecule has 4 aromatic heterocycles. The Balaban J connectivity index is 1.54. The molecule has 0 aliphatic rings. The maximum absolute atomic E-state index is 8.11. The lowest BCUT2D eigenvalue weighted by molar-refractivity contribution is -0.688. The summed E-state index contributed by atoms with van der Waals surface area (Å²) in [4.78, 5) is 4.80. The number of rotatable bonds is 3. The Kier molecular flexibility index (Phi) is 3.47. The predicted octanol–water partition coefficient (Wildman–Crippen LogP) is 3.34. The first-order valence-electron chi connectivity index (χ1n) is 12.3. The lowest BCUT2D eigenvalue weighted by Crippen LogP contribution is -2.41. The van der Waals surface area contributed by atoms with Crippen LogP contribution in [0.3, 0.4) is 0 Å². The number of para-hydroxylation sites is 3. The fraction of sp³-hybridized carbons (Fsp3) is 0.192. The second-order valence-electron chi connectivity index (χ2n) is 8.46. The molecular weight excluding hydrogens is 410 g/mol. The second kappa shape index (κ2) is 6.93. The maximum Gasteiger partial charge on any atom is 0.325 e. The van der Waals surface area contributed by atoms with Crippen molar-refractivity contribution in [2.45, 2.75) is 13.8 Å². The molecule has 2 aromatic carbocycles. The molecule has 0 fully saturated rings. The van der Waals surface area contributed by atoms with Gasteiger partial charge in [0.05, 0.1) is 25.1 Å². The summed E-state index contributed by atoms with van der Waals surface area (Å²) in [6, 6.07) is 15.6. The molecule has 6 aromatic rings. The van der Waals surface area contributed by atoms with E-state index in [1.54, 1.807) is 12.1 Å². The van der Waals surface area contributed by atoms with Gasteiger partial charge in [0.1, 0.15) is 30.5 Å². The van der Waals surface area contributed by atoms with Gasteiger partial charge in [0.2, 0.25) is 0 Å². The summed E-state index contributed by atoms with van der Waals surface area (Å²) in [7, 11) is 5.98. The zero-order valence-corrected chi connectivity index (χ0v) is 19.1. The molecule has 4 heterocycles. The summed E-state index contributed by atoms with van der Waals surface area (Å²) >= 11 is 0. The van der Waals surface area contributed by atoms with E-state index in [0.717, 1.165) is 39.7 Å². The molecule has 6 rings (SSSR count). The Morgan fingerprint density at radius 3 is 2.64 bits per heavy atom. The summed E-state index contributed by atoms with van der Waals surface area (Å²) in [5.41, 5.74) is 4.87. The number of aromatic nitrogens is 7. The number of nitrogens with zero attached hydrogens (tertiary/aromatic N) is 7. The van der Waals surface area contributed by atoms with Gasteiger partial charge in [-0.05, 0) is 37.0 Å². The van der Waals surface area contributed by atoms with E-state index in [2.05, 4.69) is 30.6 Å². The van der Waals surface area contributed by atoms with Crippen LogP contribution in [0, 0.1) is 13.8 Å². The predicted molar refractivity (Wildman–Crippen MR) is 128 cm³/mol. The van der Waals surface area contributed by atoms with Gasteiger partial charge in [-0.2, -0.15) is 14.1 Å². The van der Waals surface area contributed by atoms with Crippen LogP contribution in [-0.2, 0) is 21.1 Å². The molecule has 7 nitrogen and oxygen atoms in total. The monoisotopic (exact) mass is 440 g/mol. The normalized spacial score (nSPS) is 13.5. The third-order valence-corrected chi connectivity index (χ3v) is 6.45. The molecule has 0 saturated heterocycles. The topological polar surface area (TPSA) is 39.9 Å². The highest BCUT2D eigenvalue weighted by Gasteiger charge is 2.28. The molecule has 0 aliphatic heterocycles. The Morgan fingerprint density at radius 2 is 1.79 bits per heavy atom. The molecule has 0 saturated carbocycles. The van der Waals surface area contributed by atoms with E-state index in [9.17, 15) is 0 Å². The van der Waals surface area contributed by atoms with Crippen molar-refractivity contribution in [1.29, 1.82) is 0 Å². The van der Waals surface area contributed by atoms with Crippen molar-refractivity contribution in [2.24, 2.45) is 21.1 Å². The lowest BCUT2D eigenvalue weighted by atomic mass is 10.1. The van der Waals surface area contributed by atoms with Crippen LogP contribution in [0.25, 0.3) is 39.8 Å². The molecule has 0 unspecified atom stereocenters. The number of benzene rings is 2. The molecule has 0 radical (unpaired) electrons. The highest BCUT2D eigenvalue weighted by Crippen LogP contribution is 2.25. The molecule has 0 spiro atoms. The minimum Gasteiger partial charge on any atom is -0.257 e. The summed E-state index contributed by atoms with van der Waals surface area (Å²) in [6.07, 6.45) is 7.98. The van der Waals surface area contributed by atoms with Crippen LogP contribution in [-0.4, -0.2) is 23.2 Å². The van der Waals surface area contributed by atoms with Gasteiger partial charge in [-0.25, -0.2) is 9.25 Å². The molecule has 7 heteroatoms. The molecule has 0 amide bonds. The van der Waals surface area contributed by atoms with Crippen LogP contribution < -0.4 is 9.25 Å². The van der Waals surface area contributed by atoms with Gasteiger partial charge < -0.3 is 0 Å². The molecule has 0 N–H and O–H groups in total. The van der Waals surface area contributed by atoms with Crippen molar-refractivity contribution in [3.05, 3.63) is 84.4 Å². The fourth-order valence-electron chi connectivity index (χ4n) is 4.77. The van der Waals surface area contributed by atoms with Crippen molar-refractivity contribution in [3.63, 3.8) is 0 Å². The third kappa shape index (κ3) is 2.72. The summed E-state index contributed by atoms with van der Waals surface area (Å²) in [5, 5.41) is 0. The minimum absolute atomic E-state index is 0.331. The van der Waals surface area contributed by atoms with Crippen LogP contribution in [0.2, 0.25) is 0 Å². The summed E-state index contributed by atoms with van der Waals surface area (Å²) in [5.74, 6) is 2.69. The average Bonchev–Trinajstić information content (AvgIpc) is 3.57. The SMILES string of the molecule is [2H]C([2H])([2H])c1cccc(C)c1-n1cc[n+](C)c1-c1cc[n+](-c2cn3c4ccccc4nc3n2C)n1C. The first kappa shape index (κ1) is 16.5. The van der Waals surface area contributed by atoms with Gasteiger partial charge in [-0.1, -0.05) is 30.3 Å². The molecule has 33 heavy (non-hydrogen) atoms. The number of hydrogen-bond acceptors (Lipinski definition) is 1. The number of fused-ring (bicyclic) bond motifs is 3. The Bertz CT molecular complexity index is 1780. The van der Waals surface area contributed by atoms with Gasteiger partial charge in [0, 0.05) is 17.2 Å². The lowest BCUT2D eigenvalue weighted by Gasteiger charge is -2.09. The second-order valence-corrected chi connectivity index (χ2v) is 8.46. The van der Waals surface area contributed by atoms with Gasteiger partial charge in [-0.15, -0.1) is 4.68 Å². The van der Waals surface area contributed by atoms with Gasteiger partial charge >= 0.3 is 17.4 Å². The molecular formula is C26H27N7+2. The highest BCUT2D eigenvalue weighted by molar-refractivity contribution is 5.80. The van der Waals surface area contributed by atoms with E-state index >= 15 is 0 Å². The highest BCUT2D eigenvalue weighted by atomic mass is 15.4. The molecule has 0 atom stereocenters.